The molecule has 4 atom stereocenters. The number of carbonyl (C=O) groups is 5. The van der Waals surface area contributed by atoms with Gasteiger partial charge < -0.3 is 44.6 Å². The van der Waals surface area contributed by atoms with Crippen molar-refractivity contribution in [3.63, 3.8) is 0 Å². The van der Waals surface area contributed by atoms with Gasteiger partial charge in [0.2, 0.25) is 0 Å². The Kier molecular flexibility index (Phi) is 14.9. The van der Waals surface area contributed by atoms with Crippen molar-refractivity contribution in [1.82, 2.24) is 4.90 Å². The number of benzene rings is 2. The molecule has 2 aliphatic rings. The second kappa shape index (κ2) is 18.8. The van der Waals surface area contributed by atoms with Crippen molar-refractivity contribution in [1.29, 1.82) is 0 Å². The molecule has 0 unspecified atom stereocenters. The lowest BCUT2D eigenvalue weighted by Gasteiger charge is -2.28. The number of carboxylic acids is 2. The number of hydrogen-bond donors (Lipinski definition) is 5. The number of nitrogens with zero attached hydrogens (tertiary/aromatic N) is 1. The van der Waals surface area contributed by atoms with Crippen molar-refractivity contribution in [2.45, 2.75) is 63.3 Å². The Labute approximate surface area is 277 Å². The van der Waals surface area contributed by atoms with E-state index in [1.807, 2.05) is 6.07 Å². The summed E-state index contributed by atoms with van der Waals surface area (Å²) in [5, 5.41) is 43.8. The van der Waals surface area contributed by atoms with Crippen molar-refractivity contribution < 1.29 is 63.7 Å². The number of ether oxygens (including phenoxy) is 3. The zero-order valence-corrected chi connectivity index (χ0v) is 26.8. The smallest absolute Gasteiger partial charge is 0.335 e. The number of aliphatic hydroxyl groups is 3. The maximum absolute atomic E-state index is 12.9. The third-order valence-electron chi connectivity index (χ3n) is 8.07. The van der Waals surface area contributed by atoms with Crippen LogP contribution in [0.4, 0.5) is 0 Å². The molecule has 0 saturated carbocycles. The number of carboxylic acid groups (broad SMARTS) is 2. The molecule has 5 N–H and O–H groups in total. The summed E-state index contributed by atoms with van der Waals surface area (Å²) < 4.78 is 16.4. The molecule has 0 bridgehead atoms. The number of likely N-dealkylation sites (tertiary alicyclic amines) is 1. The van der Waals surface area contributed by atoms with Gasteiger partial charge in [0, 0.05) is 50.1 Å². The summed E-state index contributed by atoms with van der Waals surface area (Å²) in [6.07, 6.45) is -2.53. The first-order valence-electron chi connectivity index (χ1n) is 15.7. The van der Waals surface area contributed by atoms with Gasteiger partial charge in [-0.25, -0.2) is 9.59 Å². The quantitative estimate of drug-likeness (QED) is 0.152. The van der Waals surface area contributed by atoms with Crippen LogP contribution in [0.3, 0.4) is 0 Å². The number of hydrogen-bond acceptors (Lipinski definition) is 12. The largest absolute Gasteiger partial charge is 0.497 e. The van der Waals surface area contributed by atoms with Gasteiger partial charge >= 0.3 is 11.9 Å². The Hall–Kier alpha value is -4.37. The second-order valence-electron chi connectivity index (χ2n) is 11.6. The van der Waals surface area contributed by atoms with Crippen molar-refractivity contribution in [3.8, 4) is 17.2 Å². The Balaban J connectivity index is 0.000000542. The molecular weight excluding hydrogens is 630 g/mol. The van der Waals surface area contributed by atoms with E-state index >= 15 is 0 Å². The summed E-state index contributed by atoms with van der Waals surface area (Å²) in [5.74, 6) is -2.18. The standard InChI is InChI=1S/C30H37NO7.C4H6O6/c1-36-26-10-4-21(5-11-26)27(34)12-9-24(32)7-8-25(33)18-23(20-31-14-2-3-15-31)30(35)22-6-13-28-29(19-22)38-17-16-37-28;5-1(3(7)8)2(6)4(9)10/h4-6,10-11,13,19,23,30,35H,2-3,7-9,12,14-18,20H2,1H3;1-2,5-6H,(H,7,8)(H,9,10)/t23-,30-;1-,2-/m10/s1. The van der Waals surface area contributed by atoms with E-state index in [1.165, 1.54) is 0 Å². The van der Waals surface area contributed by atoms with Crippen LogP contribution in [0.5, 0.6) is 17.2 Å². The van der Waals surface area contributed by atoms with E-state index in [-0.39, 0.29) is 55.4 Å². The molecule has 2 aromatic rings. The molecule has 2 aliphatic heterocycles. The molecule has 48 heavy (non-hydrogen) atoms. The van der Waals surface area contributed by atoms with Crippen LogP contribution in [0.2, 0.25) is 0 Å². The van der Waals surface area contributed by atoms with Gasteiger partial charge in [-0.15, -0.1) is 0 Å². The Morgan fingerprint density at radius 3 is 1.92 bits per heavy atom. The Bertz CT molecular complexity index is 1390. The van der Waals surface area contributed by atoms with Crippen molar-refractivity contribution >= 4 is 29.3 Å². The highest BCUT2D eigenvalue weighted by molar-refractivity contribution is 5.98. The molecule has 1 saturated heterocycles. The highest BCUT2D eigenvalue weighted by atomic mass is 16.6. The number of rotatable bonds is 17. The molecule has 4 rings (SSSR count). The molecule has 262 valence electrons. The summed E-state index contributed by atoms with van der Waals surface area (Å²) in [4.78, 5) is 59.6. The van der Waals surface area contributed by atoms with Crippen molar-refractivity contribution in [2.24, 2.45) is 5.92 Å². The first-order chi connectivity index (χ1) is 22.9. The van der Waals surface area contributed by atoms with E-state index < -0.39 is 30.3 Å². The van der Waals surface area contributed by atoms with Crippen LogP contribution in [0.1, 0.15) is 67.0 Å². The maximum atomic E-state index is 12.9. The fourth-order valence-electron chi connectivity index (χ4n) is 5.33. The highest BCUT2D eigenvalue weighted by Gasteiger charge is 2.30. The molecule has 0 radical (unpaired) electrons. The van der Waals surface area contributed by atoms with Crippen LogP contribution in [-0.4, -0.2) is 112 Å². The lowest BCUT2D eigenvalue weighted by Crippen LogP contribution is -2.39. The number of ketones is 3. The van der Waals surface area contributed by atoms with Crippen LogP contribution in [0.25, 0.3) is 0 Å². The van der Waals surface area contributed by atoms with Crippen LogP contribution in [0, 0.1) is 5.92 Å². The predicted octanol–water partition coefficient (Wildman–Crippen LogP) is 2.06. The van der Waals surface area contributed by atoms with E-state index in [0.29, 0.717) is 48.1 Å². The molecule has 2 aromatic carbocycles. The van der Waals surface area contributed by atoms with E-state index in [2.05, 4.69) is 4.90 Å². The van der Waals surface area contributed by atoms with Crippen LogP contribution in [-0.2, 0) is 19.2 Å². The molecule has 0 aromatic heterocycles. The minimum Gasteiger partial charge on any atom is -0.497 e. The average molecular weight is 674 g/mol. The average Bonchev–Trinajstić information content (AvgIpc) is 3.61. The number of aliphatic carboxylic acids is 2. The van der Waals surface area contributed by atoms with Crippen molar-refractivity contribution in [2.75, 3.05) is 40.0 Å². The van der Waals surface area contributed by atoms with E-state index in [9.17, 15) is 29.1 Å². The number of methoxy groups -OCH3 is 1. The number of carbonyl (C=O) groups excluding carboxylic acids is 3. The van der Waals surface area contributed by atoms with Gasteiger partial charge in [-0.1, -0.05) is 6.07 Å². The lowest BCUT2D eigenvalue weighted by molar-refractivity contribution is -0.165. The summed E-state index contributed by atoms with van der Waals surface area (Å²) in [6.45, 7) is 3.49. The fourth-order valence-corrected chi connectivity index (χ4v) is 5.33. The second-order valence-corrected chi connectivity index (χ2v) is 11.6. The molecule has 2 heterocycles. The zero-order chi connectivity index (χ0) is 35.2. The molecule has 0 aliphatic carbocycles. The summed E-state index contributed by atoms with van der Waals surface area (Å²) in [5.41, 5.74) is 1.23. The highest BCUT2D eigenvalue weighted by Crippen LogP contribution is 2.36. The molecule has 0 amide bonds. The minimum absolute atomic E-state index is 0.0550. The fraction of sp³-hybridized carbons (Fsp3) is 0.500. The molecule has 0 spiro atoms. The zero-order valence-electron chi connectivity index (χ0n) is 26.8. The van der Waals surface area contributed by atoms with Crippen LogP contribution < -0.4 is 14.2 Å². The van der Waals surface area contributed by atoms with E-state index in [0.717, 1.165) is 25.9 Å². The Morgan fingerprint density at radius 2 is 1.33 bits per heavy atom. The molecule has 1 fully saturated rings. The van der Waals surface area contributed by atoms with Gasteiger partial charge in [0.1, 0.15) is 30.5 Å². The summed E-state index contributed by atoms with van der Waals surface area (Å²) >= 11 is 0. The Morgan fingerprint density at radius 1 is 0.771 bits per heavy atom. The minimum atomic E-state index is -2.27. The third-order valence-corrected chi connectivity index (χ3v) is 8.07. The number of aliphatic hydroxyl groups excluding tert-OH is 3. The topological polar surface area (TPSA) is 217 Å². The van der Waals surface area contributed by atoms with E-state index in [4.69, 9.17) is 34.6 Å². The summed E-state index contributed by atoms with van der Waals surface area (Å²) in [6, 6.07) is 12.2. The van der Waals surface area contributed by atoms with Crippen LogP contribution in [0.15, 0.2) is 42.5 Å². The number of Topliss-reactive ketones (excluding diaryl/α,β-unsaturated/α-hetero) is 3. The normalized spacial score (nSPS) is 16.4. The molecule has 14 nitrogen and oxygen atoms in total. The molecule has 14 heteroatoms. The van der Waals surface area contributed by atoms with Crippen molar-refractivity contribution in [3.05, 3.63) is 53.6 Å². The SMILES string of the molecule is COc1ccc(C(=O)CCC(=O)CCC(=O)C[C@H](CN2CCCC2)[C@H](O)c2ccc3c(c2)OCCO3)cc1.O=C(O)[C@@H](O)[C@H](O)C(=O)O. The summed E-state index contributed by atoms with van der Waals surface area (Å²) in [7, 11) is 1.56. The monoisotopic (exact) mass is 673 g/mol. The van der Waals surface area contributed by atoms with Gasteiger partial charge in [-0.05, 0) is 67.9 Å². The van der Waals surface area contributed by atoms with Gasteiger partial charge in [-0.3, -0.25) is 14.4 Å². The maximum Gasteiger partial charge on any atom is 0.335 e. The molecular formula is C34H43NO13. The first kappa shape index (κ1) is 38.1. The van der Waals surface area contributed by atoms with Gasteiger partial charge in [0.15, 0.2) is 29.5 Å². The van der Waals surface area contributed by atoms with Crippen LogP contribution >= 0.6 is 0 Å². The van der Waals surface area contributed by atoms with Gasteiger partial charge in [0.05, 0.1) is 13.2 Å². The van der Waals surface area contributed by atoms with Gasteiger partial charge in [-0.2, -0.15) is 0 Å². The predicted molar refractivity (Wildman–Crippen MR) is 169 cm³/mol. The van der Waals surface area contributed by atoms with E-state index in [1.54, 1.807) is 43.5 Å². The van der Waals surface area contributed by atoms with Gasteiger partial charge in [0.25, 0.3) is 0 Å². The number of fused-ring (bicyclic) bond motifs is 1. The lowest BCUT2D eigenvalue weighted by atomic mass is 9.89. The first-order valence-corrected chi connectivity index (χ1v) is 15.7. The third kappa shape index (κ3) is 11.7.